The molecular formula is C11H17ClN2O3S. The van der Waals surface area contributed by atoms with E-state index in [2.05, 4.69) is 4.72 Å². The molecule has 0 aromatic heterocycles. The summed E-state index contributed by atoms with van der Waals surface area (Å²) in [7, 11) is -3.78. The maximum Gasteiger partial charge on any atom is 0.242 e. The standard InChI is InChI=1S/C11H17ClN2O3S/c1-3-11(2,15)7-14-18(16,17)10-6-8(13)4-5-9(10)12/h4-6,14-15H,3,7,13H2,1-2H3. The Bertz CT molecular complexity index is 529. The van der Waals surface area contributed by atoms with E-state index in [-0.39, 0.29) is 16.5 Å². The van der Waals surface area contributed by atoms with E-state index < -0.39 is 15.6 Å². The zero-order chi connectivity index (χ0) is 14.0. The molecule has 1 aromatic carbocycles. The minimum atomic E-state index is -3.78. The Kier molecular flexibility index (Phi) is 4.61. The molecule has 18 heavy (non-hydrogen) atoms. The Hall–Kier alpha value is -0.820. The van der Waals surface area contributed by atoms with Gasteiger partial charge < -0.3 is 10.8 Å². The molecule has 4 N–H and O–H groups in total. The van der Waals surface area contributed by atoms with Crippen LogP contribution in [0.25, 0.3) is 0 Å². The van der Waals surface area contributed by atoms with Gasteiger partial charge in [0.15, 0.2) is 0 Å². The number of hydrogen-bond donors (Lipinski definition) is 3. The van der Waals surface area contributed by atoms with Crippen LogP contribution in [0.3, 0.4) is 0 Å². The molecule has 1 unspecified atom stereocenters. The van der Waals surface area contributed by atoms with Crippen LogP contribution in [-0.4, -0.2) is 25.7 Å². The summed E-state index contributed by atoms with van der Waals surface area (Å²) in [4.78, 5) is -0.0870. The number of nitrogens with two attached hydrogens (primary N) is 1. The Labute approximate surface area is 112 Å². The first-order valence-electron chi connectivity index (χ1n) is 5.45. The fraction of sp³-hybridized carbons (Fsp3) is 0.455. The second kappa shape index (κ2) is 5.44. The Morgan fingerprint density at radius 1 is 1.50 bits per heavy atom. The molecular weight excluding hydrogens is 276 g/mol. The van der Waals surface area contributed by atoms with Crippen molar-refractivity contribution in [2.24, 2.45) is 0 Å². The molecule has 0 fully saturated rings. The van der Waals surface area contributed by atoms with E-state index in [0.717, 1.165) is 0 Å². The van der Waals surface area contributed by atoms with Crippen molar-refractivity contribution in [2.75, 3.05) is 12.3 Å². The molecule has 0 aliphatic carbocycles. The molecule has 0 saturated heterocycles. The first-order chi connectivity index (χ1) is 8.18. The van der Waals surface area contributed by atoms with Crippen LogP contribution in [0.15, 0.2) is 23.1 Å². The predicted octanol–water partition coefficient (Wildman–Crippen LogP) is 1.36. The summed E-state index contributed by atoms with van der Waals surface area (Å²) in [5.74, 6) is 0. The first-order valence-corrected chi connectivity index (χ1v) is 7.31. The molecule has 5 nitrogen and oxygen atoms in total. The molecule has 102 valence electrons. The molecule has 1 rings (SSSR count). The van der Waals surface area contributed by atoms with Crippen LogP contribution in [0.5, 0.6) is 0 Å². The highest BCUT2D eigenvalue weighted by Crippen LogP contribution is 2.23. The smallest absolute Gasteiger partial charge is 0.242 e. The minimum absolute atomic E-state index is 0.0863. The highest BCUT2D eigenvalue weighted by atomic mass is 35.5. The van der Waals surface area contributed by atoms with Gasteiger partial charge in [-0.1, -0.05) is 18.5 Å². The van der Waals surface area contributed by atoms with E-state index in [1.54, 1.807) is 13.8 Å². The summed E-state index contributed by atoms with van der Waals surface area (Å²) in [5, 5.41) is 9.86. The molecule has 0 aliphatic heterocycles. The van der Waals surface area contributed by atoms with Gasteiger partial charge in [0.1, 0.15) is 4.90 Å². The third kappa shape index (κ3) is 3.84. The lowest BCUT2D eigenvalue weighted by Gasteiger charge is -2.21. The molecule has 0 aliphatic rings. The number of nitrogens with one attached hydrogen (secondary N) is 1. The molecule has 0 bridgehead atoms. The van der Waals surface area contributed by atoms with E-state index in [1.807, 2.05) is 0 Å². The summed E-state index contributed by atoms with van der Waals surface area (Å²) in [6.45, 7) is 3.23. The van der Waals surface area contributed by atoms with Crippen LogP contribution in [-0.2, 0) is 10.0 Å². The lowest BCUT2D eigenvalue weighted by molar-refractivity contribution is 0.0613. The topological polar surface area (TPSA) is 92.4 Å². The van der Waals surface area contributed by atoms with Crippen LogP contribution >= 0.6 is 11.6 Å². The number of sulfonamides is 1. The number of hydrogen-bond acceptors (Lipinski definition) is 4. The summed E-state index contributed by atoms with van der Waals surface area (Å²) < 4.78 is 26.3. The lowest BCUT2D eigenvalue weighted by atomic mass is 10.1. The van der Waals surface area contributed by atoms with Gasteiger partial charge in [-0.15, -0.1) is 0 Å². The summed E-state index contributed by atoms with van der Waals surface area (Å²) in [6, 6.07) is 4.22. The average Bonchev–Trinajstić information content (AvgIpc) is 2.30. The van der Waals surface area contributed by atoms with E-state index in [0.29, 0.717) is 12.1 Å². The number of aliphatic hydroxyl groups is 1. The van der Waals surface area contributed by atoms with Gasteiger partial charge in [0, 0.05) is 12.2 Å². The van der Waals surface area contributed by atoms with Crippen molar-refractivity contribution in [1.82, 2.24) is 4.72 Å². The zero-order valence-electron chi connectivity index (χ0n) is 10.3. The van der Waals surface area contributed by atoms with E-state index >= 15 is 0 Å². The van der Waals surface area contributed by atoms with Gasteiger partial charge in [-0.05, 0) is 31.5 Å². The predicted molar refractivity (Wildman–Crippen MR) is 72.0 cm³/mol. The monoisotopic (exact) mass is 292 g/mol. The number of anilines is 1. The van der Waals surface area contributed by atoms with Gasteiger partial charge in [-0.3, -0.25) is 0 Å². The van der Waals surface area contributed by atoms with E-state index in [1.165, 1.54) is 18.2 Å². The summed E-state index contributed by atoms with van der Waals surface area (Å²) in [5.41, 5.74) is 4.74. The highest BCUT2D eigenvalue weighted by Gasteiger charge is 2.24. The fourth-order valence-electron chi connectivity index (χ4n) is 1.18. The van der Waals surface area contributed by atoms with E-state index in [9.17, 15) is 13.5 Å². The molecule has 0 amide bonds. The number of rotatable bonds is 5. The van der Waals surface area contributed by atoms with E-state index in [4.69, 9.17) is 17.3 Å². The third-order valence-electron chi connectivity index (χ3n) is 2.65. The maximum atomic E-state index is 12.0. The van der Waals surface area contributed by atoms with Gasteiger partial charge >= 0.3 is 0 Å². The van der Waals surface area contributed by atoms with Crippen LogP contribution in [0.2, 0.25) is 5.02 Å². The molecule has 0 radical (unpaired) electrons. The van der Waals surface area contributed by atoms with Gasteiger partial charge in [0.25, 0.3) is 0 Å². The maximum absolute atomic E-state index is 12.0. The normalized spacial score (nSPS) is 15.3. The van der Waals surface area contributed by atoms with Crippen LogP contribution in [0, 0.1) is 0 Å². The minimum Gasteiger partial charge on any atom is -0.399 e. The van der Waals surface area contributed by atoms with Gasteiger partial charge in [-0.25, -0.2) is 13.1 Å². The van der Waals surface area contributed by atoms with Crippen molar-refractivity contribution < 1.29 is 13.5 Å². The summed E-state index contributed by atoms with van der Waals surface area (Å²) >= 11 is 5.83. The number of nitrogen functional groups attached to an aromatic ring is 1. The zero-order valence-corrected chi connectivity index (χ0v) is 11.8. The van der Waals surface area contributed by atoms with Crippen molar-refractivity contribution >= 4 is 27.3 Å². The van der Waals surface area contributed by atoms with Crippen molar-refractivity contribution in [3.05, 3.63) is 23.2 Å². The van der Waals surface area contributed by atoms with Crippen LogP contribution in [0.1, 0.15) is 20.3 Å². The Morgan fingerprint density at radius 2 is 2.11 bits per heavy atom. The molecule has 0 spiro atoms. The Morgan fingerprint density at radius 3 is 2.67 bits per heavy atom. The largest absolute Gasteiger partial charge is 0.399 e. The molecule has 1 aromatic rings. The van der Waals surface area contributed by atoms with Crippen molar-refractivity contribution in [3.8, 4) is 0 Å². The van der Waals surface area contributed by atoms with Gasteiger partial charge in [0.05, 0.1) is 10.6 Å². The van der Waals surface area contributed by atoms with Crippen molar-refractivity contribution in [3.63, 3.8) is 0 Å². The van der Waals surface area contributed by atoms with Crippen molar-refractivity contribution in [2.45, 2.75) is 30.8 Å². The molecule has 1 atom stereocenters. The highest BCUT2D eigenvalue weighted by molar-refractivity contribution is 7.89. The Balaban J connectivity index is 2.97. The van der Waals surface area contributed by atoms with Crippen LogP contribution < -0.4 is 10.5 Å². The average molecular weight is 293 g/mol. The molecule has 7 heteroatoms. The van der Waals surface area contributed by atoms with Crippen LogP contribution in [0.4, 0.5) is 5.69 Å². The summed E-state index contributed by atoms with van der Waals surface area (Å²) in [6.07, 6.45) is 0.431. The second-order valence-electron chi connectivity index (χ2n) is 4.36. The lowest BCUT2D eigenvalue weighted by Crippen LogP contribution is -2.40. The quantitative estimate of drug-likeness (QED) is 0.715. The SMILES string of the molecule is CCC(C)(O)CNS(=O)(=O)c1cc(N)ccc1Cl. The number of halogens is 1. The van der Waals surface area contributed by atoms with Gasteiger partial charge in [-0.2, -0.15) is 0 Å². The third-order valence-corrected chi connectivity index (χ3v) is 4.53. The number of benzene rings is 1. The molecule has 0 heterocycles. The first kappa shape index (κ1) is 15.2. The van der Waals surface area contributed by atoms with Gasteiger partial charge in [0.2, 0.25) is 10.0 Å². The fourth-order valence-corrected chi connectivity index (χ4v) is 2.87. The second-order valence-corrected chi connectivity index (χ2v) is 6.51. The molecule has 0 saturated carbocycles. The van der Waals surface area contributed by atoms with Crippen molar-refractivity contribution in [1.29, 1.82) is 0 Å².